The number of carbonyl (C=O) groups is 1. The Balaban J connectivity index is 1.98. The van der Waals surface area contributed by atoms with Crippen LogP contribution in [0.3, 0.4) is 0 Å². The zero-order valence-electron chi connectivity index (χ0n) is 11.6. The lowest BCUT2D eigenvalue weighted by Gasteiger charge is -2.32. The summed E-state index contributed by atoms with van der Waals surface area (Å²) in [6.45, 7) is 4.81. The van der Waals surface area contributed by atoms with Gasteiger partial charge in [0.15, 0.2) is 0 Å². The van der Waals surface area contributed by atoms with Crippen molar-refractivity contribution < 1.29 is 9.53 Å². The van der Waals surface area contributed by atoms with Crippen LogP contribution in [0.4, 0.5) is 0 Å². The fraction of sp³-hybridized carbons (Fsp3) is 0.438. The molecule has 1 fully saturated rings. The van der Waals surface area contributed by atoms with Crippen molar-refractivity contribution in [1.82, 2.24) is 4.90 Å². The third kappa shape index (κ3) is 3.44. The molecule has 19 heavy (non-hydrogen) atoms. The summed E-state index contributed by atoms with van der Waals surface area (Å²) in [7, 11) is 1.68. The number of piperidine rings is 1. The van der Waals surface area contributed by atoms with E-state index in [0.29, 0.717) is 0 Å². The minimum absolute atomic E-state index is 0.122. The Hall–Kier alpha value is -1.61. The number of benzene rings is 1. The van der Waals surface area contributed by atoms with Gasteiger partial charge in [-0.2, -0.15) is 0 Å². The zero-order chi connectivity index (χ0) is 13.7. The van der Waals surface area contributed by atoms with Gasteiger partial charge in [0.2, 0.25) is 0 Å². The second-order valence-corrected chi connectivity index (χ2v) is 4.95. The lowest BCUT2D eigenvalue weighted by Crippen LogP contribution is -2.35. The van der Waals surface area contributed by atoms with E-state index in [1.807, 2.05) is 19.1 Å². The number of carbonyl (C=O) groups excluding carboxylic acids is 1. The molecule has 0 amide bonds. The highest BCUT2D eigenvalue weighted by molar-refractivity contribution is 5.59. The molecule has 2 rings (SSSR count). The van der Waals surface area contributed by atoms with Crippen LogP contribution in [0.1, 0.15) is 18.9 Å². The minimum Gasteiger partial charge on any atom is -0.497 e. The number of ether oxygens (including phenoxy) is 1. The summed E-state index contributed by atoms with van der Waals surface area (Å²) >= 11 is 0. The molecule has 1 aliphatic heterocycles. The maximum atomic E-state index is 11.0. The second kappa shape index (κ2) is 6.53. The van der Waals surface area contributed by atoms with E-state index >= 15 is 0 Å². The van der Waals surface area contributed by atoms with E-state index in [1.165, 1.54) is 11.1 Å². The van der Waals surface area contributed by atoms with E-state index in [4.69, 9.17) is 4.74 Å². The molecule has 0 unspecified atom stereocenters. The molecule has 1 aromatic rings. The maximum Gasteiger partial charge on any atom is 0.127 e. The van der Waals surface area contributed by atoms with Crippen molar-refractivity contribution in [3.8, 4) is 5.75 Å². The number of methoxy groups -OCH3 is 1. The van der Waals surface area contributed by atoms with Crippen molar-refractivity contribution in [3.05, 3.63) is 41.5 Å². The van der Waals surface area contributed by atoms with Gasteiger partial charge in [0.05, 0.1) is 7.11 Å². The SMILES string of the molecule is C/C=C1/CN(Cc2ccc(OC)cc2)CC[C@H]1C=O. The monoisotopic (exact) mass is 259 g/mol. The van der Waals surface area contributed by atoms with Crippen molar-refractivity contribution in [1.29, 1.82) is 0 Å². The van der Waals surface area contributed by atoms with Crippen LogP contribution in [0.25, 0.3) is 0 Å². The summed E-state index contributed by atoms with van der Waals surface area (Å²) < 4.78 is 5.16. The van der Waals surface area contributed by atoms with Crippen LogP contribution >= 0.6 is 0 Å². The molecule has 0 spiro atoms. The van der Waals surface area contributed by atoms with Crippen LogP contribution in [-0.4, -0.2) is 31.4 Å². The Morgan fingerprint density at radius 2 is 2.11 bits per heavy atom. The van der Waals surface area contributed by atoms with E-state index in [0.717, 1.165) is 38.1 Å². The van der Waals surface area contributed by atoms with Gasteiger partial charge < -0.3 is 9.53 Å². The Bertz CT molecular complexity index is 450. The number of likely N-dealkylation sites (tertiary alicyclic amines) is 1. The summed E-state index contributed by atoms with van der Waals surface area (Å²) in [4.78, 5) is 13.4. The number of allylic oxidation sites excluding steroid dienone is 1. The first-order valence-electron chi connectivity index (χ1n) is 6.72. The molecular weight excluding hydrogens is 238 g/mol. The topological polar surface area (TPSA) is 29.5 Å². The number of nitrogens with zero attached hydrogens (tertiary/aromatic N) is 1. The molecule has 1 aromatic carbocycles. The fourth-order valence-electron chi connectivity index (χ4n) is 2.55. The standard InChI is InChI=1S/C16H21NO2/c1-3-14-11-17(9-8-15(14)12-18)10-13-4-6-16(19-2)7-5-13/h3-7,12,15H,8-11H2,1-2H3/b14-3-/t15-/m0/s1. The number of aldehydes is 1. The van der Waals surface area contributed by atoms with E-state index in [-0.39, 0.29) is 5.92 Å². The first-order valence-corrected chi connectivity index (χ1v) is 6.72. The molecule has 0 aliphatic carbocycles. The molecular formula is C16H21NO2. The molecule has 0 N–H and O–H groups in total. The minimum atomic E-state index is 0.122. The normalized spacial score (nSPS) is 22.4. The average Bonchev–Trinajstić information content (AvgIpc) is 2.48. The molecule has 0 radical (unpaired) electrons. The van der Waals surface area contributed by atoms with Crippen molar-refractivity contribution in [2.75, 3.05) is 20.2 Å². The first-order chi connectivity index (χ1) is 9.26. The first kappa shape index (κ1) is 13.8. The lowest BCUT2D eigenvalue weighted by molar-refractivity contribution is -0.110. The second-order valence-electron chi connectivity index (χ2n) is 4.95. The molecule has 0 aromatic heterocycles. The fourth-order valence-corrected chi connectivity index (χ4v) is 2.55. The van der Waals surface area contributed by atoms with E-state index < -0.39 is 0 Å². The molecule has 0 bridgehead atoms. The molecule has 1 aliphatic rings. The number of hydrogen-bond donors (Lipinski definition) is 0. The molecule has 1 heterocycles. The van der Waals surface area contributed by atoms with Crippen LogP contribution in [0.2, 0.25) is 0 Å². The molecule has 1 saturated heterocycles. The van der Waals surface area contributed by atoms with Crippen molar-refractivity contribution in [3.63, 3.8) is 0 Å². The van der Waals surface area contributed by atoms with Gasteiger partial charge >= 0.3 is 0 Å². The van der Waals surface area contributed by atoms with Gasteiger partial charge in [0, 0.05) is 19.0 Å². The van der Waals surface area contributed by atoms with E-state index in [1.54, 1.807) is 7.11 Å². The van der Waals surface area contributed by atoms with Crippen LogP contribution in [0.5, 0.6) is 5.75 Å². The zero-order valence-corrected chi connectivity index (χ0v) is 11.6. The smallest absolute Gasteiger partial charge is 0.127 e. The van der Waals surface area contributed by atoms with Gasteiger partial charge in [-0.25, -0.2) is 0 Å². The third-order valence-electron chi connectivity index (χ3n) is 3.74. The van der Waals surface area contributed by atoms with Gasteiger partial charge in [-0.15, -0.1) is 0 Å². The van der Waals surface area contributed by atoms with Crippen LogP contribution < -0.4 is 4.74 Å². The third-order valence-corrected chi connectivity index (χ3v) is 3.74. The predicted molar refractivity (Wildman–Crippen MR) is 76.2 cm³/mol. The predicted octanol–water partition coefficient (Wildman–Crippen LogP) is 2.66. The van der Waals surface area contributed by atoms with Crippen molar-refractivity contribution in [2.45, 2.75) is 19.9 Å². The number of hydrogen-bond acceptors (Lipinski definition) is 3. The summed E-state index contributed by atoms with van der Waals surface area (Å²) in [6, 6.07) is 8.17. The largest absolute Gasteiger partial charge is 0.497 e. The Morgan fingerprint density at radius 3 is 2.68 bits per heavy atom. The van der Waals surface area contributed by atoms with Crippen LogP contribution in [0, 0.1) is 5.92 Å². The summed E-state index contributed by atoms with van der Waals surface area (Å²) in [5, 5.41) is 0. The molecule has 3 heteroatoms. The molecule has 1 atom stereocenters. The Labute approximate surface area is 114 Å². The molecule has 102 valence electrons. The summed E-state index contributed by atoms with van der Waals surface area (Å²) in [6.07, 6.45) is 4.10. The highest BCUT2D eigenvalue weighted by atomic mass is 16.5. The quantitative estimate of drug-likeness (QED) is 0.615. The van der Waals surface area contributed by atoms with Gasteiger partial charge in [-0.1, -0.05) is 23.8 Å². The van der Waals surface area contributed by atoms with Gasteiger partial charge in [0.25, 0.3) is 0 Å². The van der Waals surface area contributed by atoms with Gasteiger partial charge in [0.1, 0.15) is 12.0 Å². The van der Waals surface area contributed by atoms with Gasteiger partial charge in [-0.05, 0) is 37.6 Å². The van der Waals surface area contributed by atoms with E-state index in [9.17, 15) is 4.79 Å². The Morgan fingerprint density at radius 1 is 1.37 bits per heavy atom. The number of rotatable bonds is 4. The Kier molecular flexibility index (Phi) is 4.74. The van der Waals surface area contributed by atoms with Crippen molar-refractivity contribution in [2.24, 2.45) is 5.92 Å². The molecule has 0 saturated carbocycles. The van der Waals surface area contributed by atoms with Gasteiger partial charge in [-0.3, -0.25) is 4.90 Å². The van der Waals surface area contributed by atoms with Crippen LogP contribution in [0.15, 0.2) is 35.9 Å². The van der Waals surface area contributed by atoms with Crippen molar-refractivity contribution >= 4 is 6.29 Å². The summed E-state index contributed by atoms with van der Waals surface area (Å²) in [5.41, 5.74) is 2.52. The summed E-state index contributed by atoms with van der Waals surface area (Å²) in [5.74, 6) is 1.01. The highest BCUT2D eigenvalue weighted by Gasteiger charge is 2.22. The van der Waals surface area contributed by atoms with Crippen LogP contribution in [-0.2, 0) is 11.3 Å². The average molecular weight is 259 g/mol. The van der Waals surface area contributed by atoms with E-state index in [2.05, 4.69) is 23.1 Å². The maximum absolute atomic E-state index is 11.0. The molecule has 3 nitrogen and oxygen atoms in total. The highest BCUT2D eigenvalue weighted by Crippen LogP contribution is 2.23. The lowest BCUT2D eigenvalue weighted by atomic mass is 9.92.